The molecule has 1 saturated carbocycles. The second-order valence-corrected chi connectivity index (χ2v) is 9.24. The minimum atomic E-state index is 0.328. The molecule has 2 fully saturated rings. The minimum Gasteiger partial charge on any atom is -0.381 e. The van der Waals surface area contributed by atoms with Gasteiger partial charge < -0.3 is 16.4 Å². The van der Waals surface area contributed by atoms with E-state index in [0.717, 1.165) is 43.1 Å². The number of aromatic nitrogens is 2. The molecule has 1 aromatic heterocycles. The Morgan fingerprint density at radius 1 is 1.19 bits per heavy atom. The highest BCUT2D eigenvalue weighted by molar-refractivity contribution is 7.99. The predicted molar refractivity (Wildman–Crippen MR) is 113 cm³/mol. The molecule has 0 radical (unpaired) electrons. The van der Waals surface area contributed by atoms with E-state index in [9.17, 15) is 0 Å². The molecule has 0 unspecified atom stereocenters. The van der Waals surface area contributed by atoms with Crippen LogP contribution < -0.4 is 16.4 Å². The second kappa shape index (κ2) is 7.66. The zero-order valence-corrected chi connectivity index (χ0v) is 17.3. The topological polar surface area (TPSA) is 81.1 Å². The largest absolute Gasteiger partial charge is 0.381 e. The van der Waals surface area contributed by atoms with Crippen molar-refractivity contribution in [3.8, 4) is 0 Å². The molecule has 1 aromatic carbocycles. The monoisotopic (exact) mass is 423 g/mol. The van der Waals surface area contributed by atoms with Crippen LogP contribution in [0.1, 0.15) is 32.1 Å². The molecule has 1 aliphatic heterocycles. The molecule has 2 aliphatic rings. The number of nitrogens with zero attached hydrogens (tertiary/aromatic N) is 3. The Hall–Kier alpha value is -1.21. The molecular weight excluding hydrogens is 401 g/mol. The van der Waals surface area contributed by atoms with Crippen molar-refractivity contribution >= 4 is 46.6 Å². The molecule has 1 aliphatic carbocycles. The fraction of sp³-hybridized carbons (Fsp3) is 0.474. The molecular formula is C19H23Cl2N5S. The highest BCUT2D eigenvalue weighted by Gasteiger charge is 2.43. The Balaban J connectivity index is 1.47. The zero-order chi connectivity index (χ0) is 19.0. The summed E-state index contributed by atoms with van der Waals surface area (Å²) in [4.78, 5) is 12.2. The van der Waals surface area contributed by atoms with Crippen molar-refractivity contribution in [1.82, 2.24) is 9.97 Å². The number of hydrogen-bond donors (Lipinski definition) is 2. The molecule has 2 aromatic rings. The Bertz CT molecular complexity index is 839. The number of piperidine rings is 1. The van der Waals surface area contributed by atoms with Gasteiger partial charge in [0.1, 0.15) is 10.8 Å². The van der Waals surface area contributed by atoms with Gasteiger partial charge in [-0.05, 0) is 43.2 Å². The van der Waals surface area contributed by atoms with E-state index in [1.54, 1.807) is 12.3 Å². The first-order valence-corrected chi connectivity index (χ1v) is 10.8. The van der Waals surface area contributed by atoms with Crippen LogP contribution in [0.2, 0.25) is 10.0 Å². The molecule has 1 spiro atoms. The minimum absolute atomic E-state index is 0.328. The van der Waals surface area contributed by atoms with Gasteiger partial charge in [-0.2, -0.15) is 0 Å². The van der Waals surface area contributed by atoms with Gasteiger partial charge in [0.15, 0.2) is 5.82 Å². The summed E-state index contributed by atoms with van der Waals surface area (Å²) in [6, 6.07) is 5.84. The van der Waals surface area contributed by atoms with E-state index in [4.69, 9.17) is 34.7 Å². The molecule has 27 heavy (non-hydrogen) atoms. The first-order chi connectivity index (χ1) is 13.0. The van der Waals surface area contributed by atoms with Crippen molar-refractivity contribution in [2.45, 2.75) is 48.1 Å². The van der Waals surface area contributed by atoms with E-state index >= 15 is 0 Å². The van der Waals surface area contributed by atoms with Crippen LogP contribution in [-0.2, 0) is 0 Å². The second-order valence-electron chi connectivity index (χ2n) is 7.42. The molecule has 4 N–H and O–H groups in total. The van der Waals surface area contributed by atoms with Crippen LogP contribution in [0.4, 0.5) is 11.6 Å². The summed E-state index contributed by atoms with van der Waals surface area (Å²) in [7, 11) is 0. The Kier molecular flexibility index (Phi) is 5.43. The number of anilines is 2. The first kappa shape index (κ1) is 19.1. The lowest BCUT2D eigenvalue weighted by Crippen LogP contribution is -2.47. The summed E-state index contributed by atoms with van der Waals surface area (Å²) in [5.74, 6) is 1.24. The van der Waals surface area contributed by atoms with Crippen molar-refractivity contribution in [3.05, 3.63) is 34.4 Å². The molecule has 4 rings (SSSR count). The number of benzene rings is 1. The Morgan fingerprint density at radius 2 is 1.96 bits per heavy atom. The van der Waals surface area contributed by atoms with Crippen molar-refractivity contribution in [1.29, 1.82) is 0 Å². The van der Waals surface area contributed by atoms with Crippen LogP contribution in [-0.4, -0.2) is 29.1 Å². The van der Waals surface area contributed by atoms with Crippen LogP contribution in [0.15, 0.2) is 34.3 Å². The summed E-state index contributed by atoms with van der Waals surface area (Å²) in [6.45, 7) is 1.91. The van der Waals surface area contributed by atoms with E-state index in [-0.39, 0.29) is 0 Å². The van der Waals surface area contributed by atoms with Crippen LogP contribution in [0.25, 0.3) is 0 Å². The third kappa shape index (κ3) is 3.73. The number of halogens is 2. The normalized spacial score (nSPS) is 21.7. The lowest BCUT2D eigenvalue weighted by molar-refractivity contribution is 0.197. The number of hydrogen-bond acceptors (Lipinski definition) is 6. The zero-order valence-electron chi connectivity index (χ0n) is 15.0. The smallest absolute Gasteiger partial charge is 0.158 e. The van der Waals surface area contributed by atoms with E-state index < -0.39 is 0 Å². The Morgan fingerprint density at radius 3 is 2.63 bits per heavy atom. The van der Waals surface area contributed by atoms with Gasteiger partial charge in [0, 0.05) is 24.0 Å². The summed E-state index contributed by atoms with van der Waals surface area (Å²) in [5, 5.41) is 1.65. The molecule has 0 amide bonds. The fourth-order valence-electron chi connectivity index (χ4n) is 4.25. The third-order valence-corrected chi connectivity index (χ3v) is 7.93. The van der Waals surface area contributed by atoms with Gasteiger partial charge in [-0.1, -0.05) is 47.5 Å². The van der Waals surface area contributed by atoms with Crippen molar-refractivity contribution in [3.63, 3.8) is 0 Å². The molecule has 1 saturated heterocycles. The summed E-state index contributed by atoms with van der Waals surface area (Å²) in [6.07, 6.45) is 7.70. The van der Waals surface area contributed by atoms with Gasteiger partial charge in [0.25, 0.3) is 0 Å². The first-order valence-electron chi connectivity index (χ1n) is 9.23. The van der Waals surface area contributed by atoms with Gasteiger partial charge in [0.2, 0.25) is 0 Å². The Labute approximate surface area is 173 Å². The average molecular weight is 424 g/mol. The fourth-order valence-corrected chi connectivity index (χ4v) is 5.53. The molecule has 144 valence electrons. The number of nitrogens with two attached hydrogens (primary N) is 2. The van der Waals surface area contributed by atoms with Crippen molar-refractivity contribution < 1.29 is 0 Å². The summed E-state index contributed by atoms with van der Waals surface area (Å²) < 4.78 is 0. The van der Waals surface area contributed by atoms with Gasteiger partial charge in [-0.15, -0.1) is 0 Å². The number of nitrogen functional groups attached to an aromatic ring is 1. The van der Waals surface area contributed by atoms with Gasteiger partial charge in [-0.25, -0.2) is 9.97 Å². The summed E-state index contributed by atoms with van der Waals surface area (Å²) >= 11 is 13.7. The van der Waals surface area contributed by atoms with Crippen molar-refractivity contribution in [2.75, 3.05) is 23.7 Å². The SMILES string of the molecule is Nc1nc(N2CCC3(CCC[C@H]3N)CC2)cnc1Sc1cccc(Cl)c1Cl. The van der Waals surface area contributed by atoms with Gasteiger partial charge in [-0.3, -0.25) is 0 Å². The van der Waals surface area contributed by atoms with Crippen molar-refractivity contribution in [2.24, 2.45) is 11.1 Å². The third-order valence-electron chi connectivity index (χ3n) is 5.93. The maximum Gasteiger partial charge on any atom is 0.158 e. The van der Waals surface area contributed by atoms with Crippen LogP contribution in [0.3, 0.4) is 0 Å². The molecule has 0 bridgehead atoms. The van der Waals surface area contributed by atoms with E-state index in [0.29, 0.717) is 32.3 Å². The van der Waals surface area contributed by atoms with E-state index in [2.05, 4.69) is 14.9 Å². The highest BCUT2D eigenvalue weighted by Crippen LogP contribution is 2.46. The summed E-state index contributed by atoms with van der Waals surface area (Å²) in [5.41, 5.74) is 12.9. The van der Waals surface area contributed by atoms with Gasteiger partial charge >= 0.3 is 0 Å². The van der Waals surface area contributed by atoms with Crippen LogP contribution in [0.5, 0.6) is 0 Å². The maximum absolute atomic E-state index is 6.38. The molecule has 8 heteroatoms. The average Bonchev–Trinajstić information content (AvgIpc) is 3.01. The lowest BCUT2D eigenvalue weighted by atomic mass is 9.74. The van der Waals surface area contributed by atoms with E-state index in [1.165, 1.54) is 24.6 Å². The van der Waals surface area contributed by atoms with Crippen LogP contribution in [0, 0.1) is 5.41 Å². The number of rotatable bonds is 3. The maximum atomic E-state index is 6.38. The van der Waals surface area contributed by atoms with E-state index in [1.807, 2.05) is 12.1 Å². The molecule has 2 heterocycles. The van der Waals surface area contributed by atoms with Gasteiger partial charge in [0.05, 0.1) is 16.2 Å². The predicted octanol–water partition coefficient (Wildman–Crippen LogP) is 4.61. The lowest BCUT2D eigenvalue weighted by Gasteiger charge is -2.42. The quantitative estimate of drug-likeness (QED) is 0.749. The standard InChI is InChI=1S/C19H23Cl2N5S/c20-12-3-1-4-13(16(12)21)27-18-17(23)25-15(11-24-18)26-9-7-19(8-10-26)6-2-5-14(19)22/h1,3-4,11,14H,2,5-10,22H2,(H2,23,25)/t14-/m1/s1. The van der Waals surface area contributed by atoms with Crippen LogP contribution >= 0.6 is 35.0 Å². The molecule has 5 nitrogen and oxygen atoms in total. The highest BCUT2D eigenvalue weighted by atomic mass is 35.5. The molecule has 1 atom stereocenters.